The summed E-state index contributed by atoms with van der Waals surface area (Å²) in [5.41, 5.74) is 1.31. The maximum atomic E-state index is 12.0. The Labute approximate surface area is 136 Å². The van der Waals surface area contributed by atoms with Crippen molar-refractivity contribution in [3.63, 3.8) is 0 Å². The highest BCUT2D eigenvalue weighted by Crippen LogP contribution is 2.15. The van der Waals surface area contributed by atoms with E-state index in [4.69, 9.17) is 17.0 Å². The molecule has 0 fully saturated rings. The van der Waals surface area contributed by atoms with Gasteiger partial charge in [0.1, 0.15) is 5.75 Å². The summed E-state index contributed by atoms with van der Waals surface area (Å²) in [6.45, 7) is 0. The number of anilines is 1. The predicted octanol–water partition coefficient (Wildman–Crippen LogP) is 3.58. The molecule has 0 bridgehead atoms. The molecule has 0 heterocycles. The number of hydrogen-bond acceptors (Lipinski definition) is 3. The van der Waals surface area contributed by atoms with Crippen LogP contribution in [0.5, 0.6) is 5.75 Å². The molecule has 21 heavy (non-hydrogen) atoms. The third kappa shape index (κ3) is 4.54. The number of amides is 1. The van der Waals surface area contributed by atoms with Gasteiger partial charge in [-0.25, -0.2) is 0 Å². The van der Waals surface area contributed by atoms with Crippen LogP contribution < -0.4 is 15.4 Å². The van der Waals surface area contributed by atoms with Crippen molar-refractivity contribution in [2.24, 2.45) is 0 Å². The van der Waals surface area contributed by atoms with Crippen molar-refractivity contribution in [2.45, 2.75) is 0 Å². The molecule has 0 spiro atoms. The van der Waals surface area contributed by atoms with Crippen LogP contribution >= 0.6 is 28.1 Å². The van der Waals surface area contributed by atoms with Crippen molar-refractivity contribution in [3.8, 4) is 5.75 Å². The van der Waals surface area contributed by atoms with Gasteiger partial charge in [-0.3, -0.25) is 10.1 Å². The summed E-state index contributed by atoms with van der Waals surface area (Å²) in [4.78, 5) is 12.0. The molecule has 0 aliphatic carbocycles. The molecule has 2 N–H and O–H groups in total. The Morgan fingerprint density at radius 1 is 1.10 bits per heavy atom. The average Bonchev–Trinajstić information content (AvgIpc) is 2.48. The molecule has 0 aromatic heterocycles. The van der Waals surface area contributed by atoms with Gasteiger partial charge in [-0.05, 0) is 60.7 Å². The second-order valence-corrected chi connectivity index (χ2v) is 5.47. The lowest BCUT2D eigenvalue weighted by molar-refractivity contribution is 0.0977. The van der Waals surface area contributed by atoms with Gasteiger partial charge in [0.25, 0.3) is 5.91 Å². The SMILES string of the molecule is COc1ccc(NC(=S)NC(=O)c2ccc(Br)cc2)cc1. The first-order chi connectivity index (χ1) is 10.1. The number of ether oxygens (including phenoxy) is 1. The lowest BCUT2D eigenvalue weighted by Crippen LogP contribution is -2.34. The molecule has 0 unspecified atom stereocenters. The quantitative estimate of drug-likeness (QED) is 0.817. The van der Waals surface area contributed by atoms with Gasteiger partial charge in [-0.1, -0.05) is 15.9 Å². The third-order valence-electron chi connectivity index (χ3n) is 2.68. The minimum atomic E-state index is -0.256. The van der Waals surface area contributed by atoms with Crippen LogP contribution in [0, 0.1) is 0 Å². The van der Waals surface area contributed by atoms with Gasteiger partial charge in [0.05, 0.1) is 7.11 Å². The highest BCUT2D eigenvalue weighted by atomic mass is 79.9. The Morgan fingerprint density at radius 2 is 1.71 bits per heavy atom. The van der Waals surface area contributed by atoms with E-state index in [2.05, 4.69) is 26.6 Å². The fourth-order valence-corrected chi connectivity index (χ4v) is 2.09. The van der Waals surface area contributed by atoms with E-state index in [0.717, 1.165) is 15.9 Å². The van der Waals surface area contributed by atoms with Crippen LogP contribution in [-0.2, 0) is 0 Å². The Kier molecular flexibility index (Phi) is 5.30. The van der Waals surface area contributed by atoms with Crippen LogP contribution in [0.4, 0.5) is 5.69 Å². The molecule has 0 saturated carbocycles. The Morgan fingerprint density at radius 3 is 2.29 bits per heavy atom. The number of thiocarbonyl (C=S) groups is 1. The number of carbonyl (C=O) groups excluding carboxylic acids is 1. The first kappa shape index (κ1) is 15.5. The molecule has 0 radical (unpaired) electrons. The molecule has 4 nitrogen and oxygen atoms in total. The van der Waals surface area contributed by atoms with Crippen molar-refractivity contribution in [1.29, 1.82) is 0 Å². The molecular formula is C15H13BrN2O2S. The molecule has 2 aromatic rings. The zero-order valence-corrected chi connectivity index (χ0v) is 13.6. The number of rotatable bonds is 3. The van der Waals surface area contributed by atoms with Gasteiger partial charge < -0.3 is 10.1 Å². The van der Waals surface area contributed by atoms with E-state index in [0.29, 0.717) is 5.56 Å². The van der Waals surface area contributed by atoms with Gasteiger partial charge >= 0.3 is 0 Å². The van der Waals surface area contributed by atoms with Gasteiger partial charge in [-0.15, -0.1) is 0 Å². The summed E-state index contributed by atoms with van der Waals surface area (Å²) in [5.74, 6) is 0.499. The summed E-state index contributed by atoms with van der Waals surface area (Å²) < 4.78 is 5.99. The lowest BCUT2D eigenvalue weighted by atomic mass is 10.2. The monoisotopic (exact) mass is 364 g/mol. The van der Waals surface area contributed by atoms with E-state index in [-0.39, 0.29) is 11.0 Å². The number of benzene rings is 2. The van der Waals surface area contributed by atoms with Crippen LogP contribution in [0.25, 0.3) is 0 Å². The number of nitrogens with one attached hydrogen (secondary N) is 2. The van der Waals surface area contributed by atoms with Crippen LogP contribution in [0.2, 0.25) is 0 Å². The van der Waals surface area contributed by atoms with Crippen molar-refractivity contribution in [2.75, 3.05) is 12.4 Å². The van der Waals surface area contributed by atoms with Crippen molar-refractivity contribution >= 4 is 44.9 Å². The van der Waals surface area contributed by atoms with Gasteiger partial charge in [0.2, 0.25) is 0 Å². The number of carbonyl (C=O) groups is 1. The summed E-state index contributed by atoms with van der Waals surface area (Å²) in [5, 5.41) is 5.81. The molecule has 2 rings (SSSR count). The largest absolute Gasteiger partial charge is 0.497 e. The normalized spacial score (nSPS) is 9.81. The fraction of sp³-hybridized carbons (Fsp3) is 0.0667. The van der Waals surface area contributed by atoms with E-state index in [1.165, 1.54) is 0 Å². The zero-order valence-electron chi connectivity index (χ0n) is 11.2. The first-order valence-corrected chi connectivity index (χ1v) is 7.30. The Balaban J connectivity index is 1.94. The predicted molar refractivity (Wildman–Crippen MR) is 90.8 cm³/mol. The molecule has 0 atom stereocenters. The van der Waals surface area contributed by atoms with Crippen LogP contribution in [0.15, 0.2) is 53.0 Å². The minimum absolute atomic E-state index is 0.244. The molecule has 0 saturated heterocycles. The maximum absolute atomic E-state index is 12.0. The van der Waals surface area contributed by atoms with Crippen LogP contribution in [-0.4, -0.2) is 18.1 Å². The highest BCUT2D eigenvalue weighted by molar-refractivity contribution is 9.10. The lowest BCUT2D eigenvalue weighted by Gasteiger charge is -2.10. The molecule has 2 aromatic carbocycles. The molecule has 1 amide bonds. The molecule has 108 valence electrons. The molecule has 0 aliphatic heterocycles. The topological polar surface area (TPSA) is 50.4 Å². The van der Waals surface area contributed by atoms with E-state index in [1.54, 1.807) is 31.4 Å². The van der Waals surface area contributed by atoms with Gasteiger partial charge in [-0.2, -0.15) is 0 Å². The number of halogens is 1. The minimum Gasteiger partial charge on any atom is -0.497 e. The summed E-state index contributed by atoms with van der Waals surface area (Å²) >= 11 is 8.44. The third-order valence-corrected chi connectivity index (χ3v) is 3.41. The van der Waals surface area contributed by atoms with E-state index < -0.39 is 0 Å². The standard InChI is InChI=1S/C15H13BrN2O2S/c1-20-13-8-6-12(7-9-13)17-15(21)18-14(19)10-2-4-11(16)5-3-10/h2-9H,1H3,(H2,17,18,19,21). The van der Waals surface area contributed by atoms with E-state index in [1.807, 2.05) is 24.3 Å². The molecule has 0 aliphatic rings. The average molecular weight is 365 g/mol. The summed E-state index contributed by atoms with van der Waals surface area (Å²) in [6.07, 6.45) is 0. The first-order valence-electron chi connectivity index (χ1n) is 6.10. The summed E-state index contributed by atoms with van der Waals surface area (Å²) in [7, 11) is 1.60. The summed E-state index contributed by atoms with van der Waals surface area (Å²) in [6, 6.07) is 14.3. The van der Waals surface area contributed by atoms with Crippen LogP contribution in [0.1, 0.15) is 10.4 Å². The van der Waals surface area contributed by atoms with Crippen molar-refractivity contribution < 1.29 is 9.53 Å². The number of hydrogen-bond donors (Lipinski definition) is 2. The van der Waals surface area contributed by atoms with Gasteiger partial charge in [0, 0.05) is 15.7 Å². The van der Waals surface area contributed by atoms with Crippen molar-refractivity contribution in [3.05, 3.63) is 58.6 Å². The Bertz CT molecular complexity index is 642. The van der Waals surface area contributed by atoms with Crippen molar-refractivity contribution in [1.82, 2.24) is 5.32 Å². The van der Waals surface area contributed by atoms with Crippen LogP contribution in [0.3, 0.4) is 0 Å². The maximum Gasteiger partial charge on any atom is 0.257 e. The van der Waals surface area contributed by atoms with E-state index in [9.17, 15) is 4.79 Å². The highest BCUT2D eigenvalue weighted by Gasteiger charge is 2.07. The molecular weight excluding hydrogens is 352 g/mol. The zero-order chi connectivity index (χ0) is 15.2. The second-order valence-electron chi connectivity index (χ2n) is 4.14. The molecule has 6 heteroatoms. The number of methoxy groups -OCH3 is 1. The Hall–Kier alpha value is -1.92. The smallest absolute Gasteiger partial charge is 0.257 e. The van der Waals surface area contributed by atoms with E-state index >= 15 is 0 Å². The second kappa shape index (κ2) is 7.19. The van der Waals surface area contributed by atoms with Gasteiger partial charge in [0.15, 0.2) is 5.11 Å². The fourth-order valence-electron chi connectivity index (χ4n) is 1.61.